The van der Waals surface area contributed by atoms with Gasteiger partial charge in [-0.15, -0.1) is 0 Å². The van der Waals surface area contributed by atoms with Gasteiger partial charge in [-0.2, -0.15) is 0 Å². The Morgan fingerprint density at radius 2 is 2.09 bits per heavy atom. The summed E-state index contributed by atoms with van der Waals surface area (Å²) < 4.78 is 14.5. The van der Waals surface area contributed by atoms with Gasteiger partial charge in [0.05, 0.1) is 11.2 Å². The molecule has 4 heteroatoms. The number of anilines is 1. The van der Waals surface area contributed by atoms with Crippen LogP contribution in [0.1, 0.15) is 57.9 Å². The van der Waals surface area contributed by atoms with Crippen LogP contribution in [-0.2, 0) is 10.2 Å². The number of amides is 1. The highest BCUT2D eigenvalue weighted by atomic mass is 19.1. The molecule has 1 spiro atoms. The van der Waals surface area contributed by atoms with Crippen LogP contribution in [0.2, 0.25) is 0 Å². The molecule has 2 N–H and O–H groups in total. The van der Waals surface area contributed by atoms with Gasteiger partial charge in [0, 0.05) is 17.5 Å². The van der Waals surface area contributed by atoms with Gasteiger partial charge >= 0.3 is 0 Å². The summed E-state index contributed by atoms with van der Waals surface area (Å²) in [6.45, 7) is 4.39. The Morgan fingerprint density at radius 3 is 2.73 bits per heavy atom. The van der Waals surface area contributed by atoms with Crippen molar-refractivity contribution in [1.82, 2.24) is 0 Å². The minimum absolute atomic E-state index is 0.0787. The summed E-state index contributed by atoms with van der Waals surface area (Å²) in [6.07, 6.45) is 5.61. The van der Waals surface area contributed by atoms with Crippen LogP contribution in [0.4, 0.5) is 10.1 Å². The van der Waals surface area contributed by atoms with Crippen molar-refractivity contribution < 1.29 is 9.18 Å². The van der Waals surface area contributed by atoms with Gasteiger partial charge in [-0.1, -0.05) is 32.3 Å². The zero-order valence-electron chi connectivity index (χ0n) is 13.5. The summed E-state index contributed by atoms with van der Waals surface area (Å²) in [7, 11) is 0. The molecule has 22 heavy (non-hydrogen) atoms. The third kappa shape index (κ3) is 2.24. The molecule has 1 saturated carbocycles. The lowest BCUT2D eigenvalue weighted by Crippen LogP contribution is -2.54. The fourth-order valence-corrected chi connectivity index (χ4v) is 4.31. The van der Waals surface area contributed by atoms with Crippen LogP contribution in [0.3, 0.4) is 0 Å². The number of hydrogen-bond acceptors (Lipinski definition) is 2. The molecule has 1 aromatic rings. The van der Waals surface area contributed by atoms with Gasteiger partial charge in [0.2, 0.25) is 5.91 Å². The number of halogens is 1. The van der Waals surface area contributed by atoms with Gasteiger partial charge in [-0.3, -0.25) is 4.79 Å². The van der Waals surface area contributed by atoms with Crippen LogP contribution < -0.4 is 10.6 Å². The zero-order valence-corrected chi connectivity index (χ0v) is 13.5. The number of hydrogen-bond donors (Lipinski definition) is 1. The highest BCUT2D eigenvalue weighted by Gasteiger charge is 2.49. The summed E-state index contributed by atoms with van der Waals surface area (Å²) in [4.78, 5) is 14.7. The van der Waals surface area contributed by atoms with Crippen molar-refractivity contribution in [2.75, 3.05) is 11.4 Å². The van der Waals surface area contributed by atoms with Crippen molar-refractivity contribution in [3.63, 3.8) is 0 Å². The lowest BCUT2D eigenvalue weighted by molar-refractivity contribution is -0.123. The summed E-state index contributed by atoms with van der Waals surface area (Å²) in [5, 5.41) is 0. The van der Waals surface area contributed by atoms with E-state index in [0.717, 1.165) is 43.4 Å². The van der Waals surface area contributed by atoms with Crippen molar-refractivity contribution in [2.24, 2.45) is 5.73 Å². The first-order valence-electron chi connectivity index (χ1n) is 8.31. The first-order chi connectivity index (χ1) is 10.4. The molecule has 120 valence electrons. The van der Waals surface area contributed by atoms with E-state index in [9.17, 15) is 9.18 Å². The molecule has 1 aliphatic carbocycles. The maximum Gasteiger partial charge on any atom is 0.246 e. The molecule has 0 radical (unpaired) electrons. The first-order valence-corrected chi connectivity index (χ1v) is 8.31. The Morgan fingerprint density at radius 1 is 1.41 bits per heavy atom. The Bertz CT molecular complexity index is 591. The number of nitrogens with zero attached hydrogens (tertiary/aromatic N) is 1. The molecule has 1 fully saturated rings. The van der Waals surface area contributed by atoms with Gasteiger partial charge in [0.25, 0.3) is 0 Å². The molecule has 1 aromatic carbocycles. The Hall–Kier alpha value is -1.42. The Labute approximate surface area is 131 Å². The third-order valence-corrected chi connectivity index (χ3v) is 5.34. The maximum atomic E-state index is 14.5. The van der Waals surface area contributed by atoms with E-state index in [1.807, 2.05) is 13.0 Å². The predicted octanol–water partition coefficient (Wildman–Crippen LogP) is 3.50. The van der Waals surface area contributed by atoms with E-state index in [4.69, 9.17) is 5.73 Å². The molecule has 1 aliphatic heterocycles. The number of benzene rings is 1. The molecule has 0 bridgehead atoms. The van der Waals surface area contributed by atoms with Crippen molar-refractivity contribution in [3.8, 4) is 0 Å². The van der Waals surface area contributed by atoms with E-state index < -0.39 is 5.54 Å². The fourth-order valence-electron chi connectivity index (χ4n) is 4.31. The second-order valence-electron chi connectivity index (χ2n) is 7.18. The van der Waals surface area contributed by atoms with Gasteiger partial charge in [0.1, 0.15) is 5.82 Å². The molecule has 3 rings (SSSR count). The molecule has 0 aromatic heterocycles. The Kier molecular flexibility index (Phi) is 3.76. The highest BCUT2D eigenvalue weighted by molar-refractivity contribution is 6.02. The molecule has 1 atom stereocenters. The van der Waals surface area contributed by atoms with Crippen LogP contribution in [0, 0.1) is 5.82 Å². The van der Waals surface area contributed by atoms with Crippen molar-refractivity contribution in [3.05, 3.63) is 29.6 Å². The van der Waals surface area contributed by atoms with E-state index in [1.165, 1.54) is 6.07 Å². The van der Waals surface area contributed by atoms with Crippen LogP contribution >= 0.6 is 0 Å². The molecular weight excluding hydrogens is 279 g/mol. The summed E-state index contributed by atoms with van der Waals surface area (Å²) >= 11 is 0. The lowest BCUT2D eigenvalue weighted by atomic mass is 9.80. The summed E-state index contributed by atoms with van der Waals surface area (Å²) in [6, 6.07) is 5.07. The third-order valence-electron chi connectivity index (χ3n) is 5.34. The van der Waals surface area contributed by atoms with E-state index in [1.54, 1.807) is 17.9 Å². The molecule has 1 amide bonds. The molecule has 2 aliphatic rings. The first kappa shape index (κ1) is 15.5. The van der Waals surface area contributed by atoms with Crippen molar-refractivity contribution in [2.45, 2.75) is 63.3 Å². The number of carbonyl (C=O) groups is 1. The smallest absolute Gasteiger partial charge is 0.246 e. The number of carbonyl (C=O) groups excluding carboxylic acids is 1. The van der Waals surface area contributed by atoms with Crippen molar-refractivity contribution >= 4 is 11.6 Å². The van der Waals surface area contributed by atoms with Crippen LogP contribution in [0.25, 0.3) is 0 Å². The number of rotatable bonds is 3. The van der Waals surface area contributed by atoms with Crippen LogP contribution in [0.15, 0.2) is 18.2 Å². The van der Waals surface area contributed by atoms with E-state index in [0.29, 0.717) is 13.0 Å². The number of fused-ring (bicyclic) bond motifs is 2. The predicted molar refractivity (Wildman–Crippen MR) is 86.4 cm³/mol. The number of nitrogens with two attached hydrogens (primary N) is 1. The average Bonchev–Trinajstić information content (AvgIpc) is 3.05. The average molecular weight is 304 g/mol. The summed E-state index contributed by atoms with van der Waals surface area (Å²) in [5.41, 5.74) is 6.65. The van der Waals surface area contributed by atoms with E-state index >= 15 is 0 Å². The monoisotopic (exact) mass is 304 g/mol. The van der Waals surface area contributed by atoms with E-state index in [-0.39, 0.29) is 17.1 Å². The quantitative estimate of drug-likeness (QED) is 0.929. The minimum atomic E-state index is -0.886. The fraction of sp³-hybridized carbons (Fsp3) is 0.611. The molecule has 1 unspecified atom stereocenters. The molecular formula is C18H25FN2O. The van der Waals surface area contributed by atoms with Gasteiger partial charge in [0.15, 0.2) is 0 Å². The standard InChI is InChI=1S/C18H25FN2O/c1-3-9-17(2,20)16(22)21-12-18(10-4-5-11-18)15-13(19)7-6-8-14(15)21/h6-8H,3-5,9-12,20H2,1-2H3. The van der Waals surface area contributed by atoms with Gasteiger partial charge < -0.3 is 10.6 Å². The zero-order chi connectivity index (χ0) is 16.0. The molecule has 1 heterocycles. The van der Waals surface area contributed by atoms with Gasteiger partial charge in [-0.05, 0) is 38.3 Å². The second kappa shape index (κ2) is 5.34. The molecule has 0 saturated heterocycles. The maximum absolute atomic E-state index is 14.5. The Balaban J connectivity index is 2.03. The van der Waals surface area contributed by atoms with E-state index in [2.05, 4.69) is 0 Å². The SMILES string of the molecule is CCCC(C)(N)C(=O)N1CC2(CCCC2)c2c(F)cccc21. The highest BCUT2D eigenvalue weighted by Crippen LogP contribution is 2.51. The molecule has 3 nitrogen and oxygen atoms in total. The normalized spacial score (nSPS) is 21.9. The largest absolute Gasteiger partial charge is 0.318 e. The van der Waals surface area contributed by atoms with Gasteiger partial charge in [-0.25, -0.2) is 4.39 Å². The minimum Gasteiger partial charge on any atom is -0.318 e. The summed E-state index contributed by atoms with van der Waals surface area (Å²) in [5.74, 6) is -0.256. The topological polar surface area (TPSA) is 46.3 Å². The van der Waals surface area contributed by atoms with Crippen molar-refractivity contribution in [1.29, 1.82) is 0 Å². The van der Waals surface area contributed by atoms with Crippen LogP contribution in [-0.4, -0.2) is 18.0 Å². The van der Waals surface area contributed by atoms with Crippen LogP contribution in [0.5, 0.6) is 0 Å². The lowest BCUT2D eigenvalue weighted by Gasteiger charge is -2.31. The second-order valence-corrected chi connectivity index (χ2v) is 7.18.